The van der Waals surface area contributed by atoms with Gasteiger partial charge >= 0.3 is 0 Å². The number of nitro benzene ring substituents is 1. The normalized spacial score (nSPS) is 13.1. The van der Waals surface area contributed by atoms with Crippen LogP contribution in [0.4, 0.5) is 11.4 Å². The molecular weight excluding hydrogens is 280 g/mol. The molecule has 0 bridgehead atoms. The van der Waals surface area contributed by atoms with Crippen molar-refractivity contribution in [1.82, 2.24) is 5.32 Å². The molecule has 0 aromatic heterocycles. The number of anilines is 1. The van der Waals surface area contributed by atoms with Crippen LogP contribution in [0.1, 0.15) is 6.92 Å². The van der Waals surface area contributed by atoms with Crippen LogP contribution in [-0.4, -0.2) is 40.5 Å². The molecule has 2 atom stereocenters. The third-order valence-corrected chi connectivity index (χ3v) is 2.61. The van der Waals surface area contributed by atoms with Gasteiger partial charge in [-0.3, -0.25) is 19.7 Å². The Kier molecular flexibility index (Phi) is 5.76. The molecule has 9 nitrogen and oxygen atoms in total. The number of benzene rings is 1. The van der Waals surface area contributed by atoms with Crippen LogP contribution in [-0.2, 0) is 9.59 Å². The van der Waals surface area contributed by atoms with Crippen molar-refractivity contribution in [1.29, 1.82) is 0 Å². The first-order valence-electron chi connectivity index (χ1n) is 6.07. The van der Waals surface area contributed by atoms with E-state index in [1.54, 1.807) is 0 Å². The molecule has 0 radical (unpaired) electrons. The van der Waals surface area contributed by atoms with Gasteiger partial charge in [0.05, 0.1) is 17.6 Å². The van der Waals surface area contributed by atoms with Crippen molar-refractivity contribution in [2.75, 3.05) is 11.9 Å². The van der Waals surface area contributed by atoms with E-state index < -0.39 is 28.9 Å². The Balaban J connectivity index is 2.47. The summed E-state index contributed by atoms with van der Waals surface area (Å²) in [5.41, 5.74) is 5.65. The molecule has 9 heteroatoms. The average molecular weight is 296 g/mol. The maximum absolute atomic E-state index is 11.6. The number of aliphatic hydroxyl groups is 1. The summed E-state index contributed by atoms with van der Waals surface area (Å²) in [6.07, 6.45) is -1.03. The van der Waals surface area contributed by atoms with Crippen LogP contribution in [0.15, 0.2) is 24.3 Å². The molecule has 0 aliphatic carbocycles. The number of amides is 2. The van der Waals surface area contributed by atoms with Gasteiger partial charge < -0.3 is 21.5 Å². The SMILES string of the molecule is C[C@@H](O)[C@H](N)C(=O)NCC(=O)Nc1ccc([N+](=O)[O-])cc1. The van der Waals surface area contributed by atoms with Gasteiger partial charge in [-0.1, -0.05) is 0 Å². The number of aliphatic hydroxyl groups excluding tert-OH is 1. The summed E-state index contributed by atoms with van der Waals surface area (Å²) in [6, 6.07) is 4.13. The van der Waals surface area contributed by atoms with Gasteiger partial charge in [0.25, 0.3) is 5.69 Å². The quantitative estimate of drug-likeness (QED) is 0.405. The predicted molar refractivity (Wildman–Crippen MR) is 74.4 cm³/mol. The number of hydrogen-bond donors (Lipinski definition) is 4. The first-order chi connectivity index (χ1) is 9.81. The van der Waals surface area contributed by atoms with E-state index in [9.17, 15) is 19.7 Å². The fourth-order valence-corrected chi connectivity index (χ4v) is 1.38. The number of carbonyl (C=O) groups is 2. The van der Waals surface area contributed by atoms with Crippen LogP contribution in [0.3, 0.4) is 0 Å². The second kappa shape index (κ2) is 7.31. The summed E-state index contributed by atoms with van der Waals surface area (Å²) in [5, 5.41) is 24.3. The topological polar surface area (TPSA) is 148 Å². The van der Waals surface area contributed by atoms with Crippen molar-refractivity contribution < 1.29 is 19.6 Å². The zero-order valence-electron chi connectivity index (χ0n) is 11.3. The van der Waals surface area contributed by atoms with E-state index in [1.165, 1.54) is 31.2 Å². The first kappa shape index (κ1) is 16.5. The number of nitrogens with two attached hydrogens (primary N) is 1. The van der Waals surface area contributed by atoms with Crippen molar-refractivity contribution in [2.45, 2.75) is 19.1 Å². The van der Waals surface area contributed by atoms with Crippen LogP contribution in [0.5, 0.6) is 0 Å². The number of nitro groups is 1. The maximum atomic E-state index is 11.6. The standard InChI is InChI=1S/C12H16N4O5/c1-7(17)11(13)12(19)14-6-10(18)15-8-2-4-9(5-3-8)16(20)21/h2-5,7,11,17H,6,13H2,1H3,(H,14,19)(H,15,18)/t7-,11+/m1/s1. The molecule has 21 heavy (non-hydrogen) atoms. The van der Waals surface area contributed by atoms with Crippen molar-refractivity contribution in [2.24, 2.45) is 5.73 Å². The molecule has 0 unspecified atom stereocenters. The molecule has 0 heterocycles. The molecule has 1 aromatic carbocycles. The van der Waals surface area contributed by atoms with Gasteiger partial charge in [-0.15, -0.1) is 0 Å². The van der Waals surface area contributed by atoms with E-state index >= 15 is 0 Å². The number of rotatable bonds is 6. The molecule has 0 spiro atoms. The minimum absolute atomic E-state index is 0.0933. The molecule has 1 aromatic rings. The molecule has 0 aliphatic heterocycles. The van der Waals surface area contributed by atoms with Crippen molar-refractivity contribution >= 4 is 23.2 Å². The van der Waals surface area contributed by atoms with Crippen molar-refractivity contribution in [3.63, 3.8) is 0 Å². The number of nitrogens with one attached hydrogen (secondary N) is 2. The minimum atomic E-state index is -1.11. The van der Waals surface area contributed by atoms with Crippen LogP contribution in [0.25, 0.3) is 0 Å². The summed E-state index contributed by atoms with van der Waals surface area (Å²) in [4.78, 5) is 32.9. The van der Waals surface area contributed by atoms with Crippen LogP contribution in [0.2, 0.25) is 0 Å². The summed E-state index contributed by atoms with van der Waals surface area (Å²) < 4.78 is 0. The van der Waals surface area contributed by atoms with Gasteiger partial charge in [-0.25, -0.2) is 0 Å². The monoisotopic (exact) mass is 296 g/mol. The molecule has 0 aliphatic rings. The van der Waals surface area contributed by atoms with E-state index in [0.717, 1.165) is 0 Å². The van der Waals surface area contributed by atoms with Gasteiger partial charge in [0.2, 0.25) is 11.8 Å². The smallest absolute Gasteiger partial charge is 0.269 e. The Labute approximate surface area is 120 Å². The lowest BCUT2D eigenvalue weighted by Gasteiger charge is -2.14. The van der Waals surface area contributed by atoms with Crippen LogP contribution in [0, 0.1) is 10.1 Å². The lowest BCUT2D eigenvalue weighted by molar-refractivity contribution is -0.384. The number of hydrogen-bond acceptors (Lipinski definition) is 6. The van der Waals surface area contributed by atoms with Gasteiger partial charge in [0.15, 0.2) is 0 Å². The molecule has 0 saturated carbocycles. The van der Waals surface area contributed by atoms with Gasteiger partial charge in [0, 0.05) is 17.8 Å². The zero-order valence-corrected chi connectivity index (χ0v) is 11.3. The lowest BCUT2D eigenvalue weighted by atomic mass is 10.2. The summed E-state index contributed by atoms with van der Waals surface area (Å²) in [6.45, 7) is 1.04. The van der Waals surface area contributed by atoms with Gasteiger partial charge in [0.1, 0.15) is 6.04 Å². The summed E-state index contributed by atoms with van der Waals surface area (Å²) in [5.74, 6) is -1.17. The summed E-state index contributed by atoms with van der Waals surface area (Å²) >= 11 is 0. The lowest BCUT2D eigenvalue weighted by Crippen LogP contribution is -2.48. The Morgan fingerprint density at radius 3 is 2.43 bits per heavy atom. The maximum Gasteiger partial charge on any atom is 0.269 e. The number of nitrogens with zero attached hydrogens (tertiary/aromatic N) is 1. The highest BCUT2D eigenvalue weighted by molar-refractivity contribution is 5.95. The van der Waals surface area contributed by atoms with Crippen LogP contribution < -0.4 is 16.4 Å². The van der Waals surface area contributed by atoms with E-state index in [0.29, 0.717) is 5.69 Å². The molecule has 5 N–H and O–H groups in total. The third-order valence-electron chi connectivity index (χ3n) is 2.61. The fourth-order valence-electron chi connectivity index (χ4n) is 1.38. The second-order valence-electron chi connectivity index (χ2n) is 4.34. The van der Waals surface area contributed by atoms with E-state index in [2.05, 4.69) is 10.6 Å². The highest BCUT2D eigenvalue weighted by atomic mass is 16.6. The van der Waals surface area contributed by atoms with Crippen molar-refractivity contribution in [3.8, 4) is 0 Å². The first-order valence-corrected chi connectivity index (χ1v) is 6.07. The predicted octanol–water partition coefficient (Wildman–Crippen LogP) is -0.642. The second-order valence-corrected chi connectivity index (χ2v) is 4.34. The molecule has 0 fully saturated rings. The Morgan fingerprint density at radius 2 is 1.95 bits per heavy atom. The van der Waals surface area contributed by atoms with E-state index in [-0.39, 0.29) is 12.2 Å². The van der Waals surface area contributed by atoms with E-state index in [4.69, 9.17) is 10.8 Å². The Hall–Kier alpha value is -2.52. The number of carbonyl (C=O) groups excluding carboxylic acids is 2. The highest BCUT2D eigenvalue weighted by Crippen LogP contribution is 2.15. The van der Waals surface area contributed by atoms with E-state index in [1.807, 2.05) is 0 Å². The molecular formula is C12H16N4O5. The fraction of sp³-hybridized carbons (Fsp3) is 0.333. The van der Waals surface area contributed by atoms with Crippen molar-refractivity contribution in [3.05, 3.63) is 34.4 Å². The summed E-state index contributed by atoms with van der Waals surface area (Å²) in [7, 11) is 0. The Morgan fingerprint density at radius 1 is 1.38 bits per heavy atom. The number of non-ortho nitro benzene ring substituents is 1. The highest BCUT2D eigenvalue weighted by Gasteiger charge is 2.19. The molecule has 0 saturated heterocycles. The van der Waals surface area contributed by atoms with Gasteiger partial charge in [-0.2, -0.15) is 0 Å². The molecule has 114 valence electrons. The zero-order chi connectivity index (χ0) is 16.0. The largest absolute Gasteiger partial charge is 0.391 e. The minimum Gasteiger partial charge on any atom is -0.391 e. The molecule has 2 amide bonds. The molecule has 1 rings (SSSR count). The average Bonchev–Trinajstić information content (AvgIpc) is 2.44. The third kappa shape index (κ3) is 5.16. The van der Waals surface area contributed by atoms with Gasteiger partial charge in [-0.05, 0) is 19.1 Å². The van der Waals surface area contributed by atoms with Crippen LogP contribution >= 0.6 is 0 Å². The Bertz CT molecular complexity index is 529.